The van der Waals surface area contributed by atoms with Gasteiger partial charge in [-0.25, -0.2) is 13.2 Å². The van der Waals surface area contributed by atoms with Crippen molar-refractivity contribution in [2.75, 3.05) is 6.61 Å². The average molecular weight is 191 g/mol. The molecule has 1 rings (SSSR count). The van der Waals surface area contributed by atoms with E-state index in [9.17, 15) is 13.2 Å². The lowest BCUT2D eigenvalue weighted by Gasteiger charge is -2.10. The van der Waals surface area contributed by atoms with Crippen LogP contribution in [0.4, 0.5) is 13.2 Å². The molecule has 0 aliphatic carbocycles. The molecule has 1 atom stereocenters. The highest BCUT2D eigenvalue weighted by molar-refractivity contribution is 5.23. The van der Waals surface area contributed by atoms with E-state index in [1.54, 1.807) is 0 Å². The smallest absolute Gasteiger partial charge is 0.133 e. The third kappa shape index (κ3) is 1.99. The van der Waals surface area contributed by atoms with Gasteiger partial charge >= 0.3 is 0 Å². The van der Waals surface area contributed by atoms with Crippen molar-refractivity contribution in [2.24, 2.45) is 5.73 Å². The van der Waals surface area contributed by atoms with Gasteiger partial charge in [0, 0.05) is 17.7 Å². The van der Waals surface area contributed by atoms with Gasteiger partial charge in [0.15, 0.2) is 0 Å². The predicted octanol–water partition coefficient (Wildman–Crippen LogP) is 1.10. The van der Waals surface area contributed by atoms with Crippen LogP contribution in [0, 0.1) is 17.5 Å². The van der Waals surface area contributed by atoms with E-state index < -0.39 is 35.7 Å². The zero-order chi connectivity index (χ0) is 10.0. The summed E-state index contributed by atoms with van der Waals surface area (Å²) in [7, 11) is 0. The number of rotatable bonds is 2. The van der Waals surface area contributed by atoms with Crippen molar-refractivity contribution >= 4 is 0 Å². The molecule has 0 saturated carbocycles. The summed E-state index contributed by atoms with van der Waals surface area (Å²) in [5.74, 6) is -3.18. The van der Waals surface area contributed by atoms with Crippen LogP contribution in [0.2, 0.25) is 0 Å². The largest absolute Gasteiger partial charge is 0.394 e. The molecule has 1 aromatic rings. The number of aliphatic hydroxyl groups is 1. The first kappa shape index (κ1) is 10.0. The second-order valence-corrected chi connectivity index (χ2v) is 2.57. The molecule has 0 bridgehead atoms. The second kappa shape index (κ2) is 3.76. The molecular weight excluding hydrogens is 183 g/mol. The molecule has 13 heavy (non-hydrogen) atoms. The molecule has 0 aliphatic heterocycles. The van der Waals surface area contributed by atoms with Crippen molar-refractivity contribution in [3.05, 3.63) is 35.1 Å². The van der Waals surface area contributed by atoms with Crippen LogP contribution in [0.15, 0.2) is 12.1 Å². The Morgan fingerprint density at radius 3 is 2.08 bits per heavy atom. The van der Waals surface area contributed by atoms with Crippen LogP contribution in [0.1, 0.15) is 11.6 Å². The molecule has 0 saturated heterocycles. The van der Waals surface area contributed by atoms with Crippen LogP contribution in [0.25, 0.3) is 0 Å². The van der Waals surface area contributed by atoms with Crippen molar-refractivity contribution in [3.8, 4) is 0 Å². The summed E-state index contributed by atoms with van der Waals surface area (Å²) < 4.78 is 38.1. The van der Waals surface area contributed by atoms with Gasteiger partial charge in [0.05, 0.1) is 12.6 Å². The highest BCUT2D eigenvalue weighted by atomic mass is 19.1. The van der Waals surface area contributed by atoms with E-state index in [1.807, 2.05) is 0 Å². The fourth-order valence-electron chi connectivity index (χ4n) is 0.999. The first-order valence-electron chi connectivity index (χ1n) is 3.57. The summed E-state index contributed by atoms with van der Waals surface area (Å²) >= 11 is 0. The Morgan fingerprint density at radius 1 is 1.23 bits per heavy atom. The normalized spacial score (nSPS) is 13.0. The second-order valence-electron chi connectivity index (χ2n) is 2.57. The lowest BCUT2D eigenvalue weighted by atomic mass is 10.1. The fourth-order valence-corrected chi connectivity index (χ4v) is 0.999. The van der Waals surface area contributed by atoms with Gasteiger partial charge in [0.1, 0.15) is 17.5 Å². The Bertz CT molecular complexity index is 293. The Hall–Kier alpha value is -1.07. The minimum Gasteiger partial charge on any atom is -0.394 e. The SMILES string of the molecule is NC(CO)c1c(F)cc(F)cc1F. The molecule has 5 heteroatoms. The van der Waals surface area contributed by atoms with Gasteiger partial charge in [0.25, 0.3) is 0 Å². The highest BCUT2D eigenvalue weighted by Crippen LogP contribution is 2.19. The minimum absolute atomic E-state index is 0.496. The lowest BCUT2D eigenvalue weighted by molar-refractivity contribution is 0.262. The van der Waals surface area contributed by atoms with Crippen LogP contribution in [-0.2, 0) is 0 Å². The molecule has 1 aromatic carbocycles. The van der Waals surface area contributed by atoms with E-state index in [4.69, 9.17) is 10.8 Å². The van der Waals surface area contributed by atoms with Gasteiger partial charge in [-0.1, -0.05) is 0 Å². The predicted molar refractivity (Wildman–Crippen MR) is 40.3 cm³/mol. The van der Waals surface area contributed by atoms with Crippen molar-refractivity contribution in [1.29, 1.82) is 0 Å². The van der Waals surface area contributed by atoms with Crippen LogP contribution in [-0.4, -0.2) is 11.7 Å². The molecule has 0 radical (unpaired) electrons. The highest BCUT2D eigenvalue weighted by Gasteiger charge is 2.17. The zero-order valence-electron chi connectivity index (χ0n) is 6.60. The zero-order valence-corrected chi connectivity index (χ0v) is 6.60. The van der Waals surface area contributed by atoms with Gasteiger partial charge in [-0.15, -0.1) is 0 Å². The van der Waals surface area contributed by atoms with E-state index >= 15 is 0 Å². The maximum Gasteiger partial charge on any atom is 0.133 e. The number of hydrogen-bond acceptors (Lipinski definition) is 2. The van der Waals surface area contributed by atoms with Crippen LogP contribution in [0.5, 0.6) is 0 Å². The van der Waals surface area contributed by atoms with Crippen LogP contribution < -0.4 is 5.73 Å². The maximum atomic E-state index is 12.9. The molecule has 0 fully saturated rings. The molecule has 2 nitrogen and oxygen atoms in total. The average Bonchev–Trinajstić information content (AvgIpc) is 2.02. The molecule has 0 aromatic heterocycles. The Balaban J connectivity index is 3.20. The van der Waals surface area contributed by atoms with Crippen molar-refractivity contribution < 1.29 is 18.3 Å². The van der Waals surface area contributed by atoms with Gasteiger partial charge < -0.3 is 10.8 Å². The Labute approximate surface area is 72.8 Å². The molecule has 0 aliphatic rings. The quantitative estimate of drug-likeness (QED) is 0.735. The van der Waals surface area contributed by atoms with Gasteiger partial charge in [-0.05, 0) is 0 Å². The Kier molecular flexibility index (Phi) is 2.90. The summed E-state index contributed by atoms with van der Waals surface area (Å²) in [4.78, 5) is 0. The van der Waals surface area contributed by atoms with Gasteiger partial charge in [-0.3, -0.25) is 0 Å². The minimum atomic E-state index is -1.17. The summed E-state index contributed by atoms with van der Waals surface area (Å²) in [6.07, 6.45) is 0. The molecule has 0 spiro atoms. The molecule has 0 heterocycles. The summed E-state index contributed by atoms with van der Waals surface area (Å²) in [5.41, 5.74) is 4.70. The summed E-state index contributed by atoms with van der Waals surface area (Å²) in [6.45, 7) is -0.598. The number of aliphatic hydroxyl groups excluding tert-OH is 1. The molecule has 72 valence electrons. The third-order valence-electron chi connectivity index (χ3n) is 1.61. The standard InChI is InChI=1S/C8H8F3NO/c9-4-1-5(10)8(6(11)2-4)7(12)3-13/h1-2,7,13H,3,12H2. The molecule has 0 amide bonds. The topological polar surface area (TPSA) is 46.2 Å². The number of halogens is 3. The monoisotopic (exact) mass is 191 g/mol. The molecule has 1 unspecified atom stereocenters. The lowest BCUT2D eigenvalue weighted by Crippen LogP contribution is -2.18. The molecule has 3 N–H and O–H groups in total. The first-order valence-corrected chi connectivity index (χ1v) is 3.57. The maximum absolute atomic E-state index is 12.9. The first-order chi connectivity index (χ1) is 6.06. The van der Waals surface area contributed by atoms with Gasteiger partial charge in [0.2, 0.25) is 0 Å². The summed E-state index contributed by atoms with van der Waals surface area (Å²) in [5, 5.41) is 8.55. The van der Waals surface area contributed by atoms with E-state index in [0.29, 0.717) is 12.1 Å². The van der Waals surface area contributed by atoms with Crippen molar-refractivity contribution in [3.63, 3.8) is 0 Å². The van der Waals surface area contributed by atoms with E-state index in [2.05, 4.69) is 0 Å². The van der Waals surface area contributed by atoms with E-state index in [1.165, 1.54) is 0 Å². The van der Waals surface area contributed by atoms with Crippen LogP contribution in [0.3, 0.4) is 0 Å². The van der Waals surface area contributed by atoms with E-state index in [0.717, 1.165) is 0 Å². The van der Waals surface area contributed by atoms with Crippen molar-refractivity contribution in [1.82, 2.24) is 0 Å². The molecular formula is C8H8F3NO. The van der Waals surface area contributed by atoms with Crippen LogP contribution >= 0.6 is 0 Å². The third-order valence-corrected chi connectivity index (χ3v) is 1.61. The number of nitrogens with two attached hydrogens (primary N) is 1. The summed E-state index contributed by atoms with van der Waals surface area (Å²) in [6, 6.07) is -0.123. The number of hydrogen-bond donors (Lipinski definition) is 2. The van der Waals surface area contributed by atoms with E-state index in [-0.39, 0.29) is 0 Å². The van der Waals surface area contributed by atoms with Gasteiger partial charge in [-0.2, -0.15) is 0 Å². The fraction of sp³-hybridized carbons (Fsp3) is 0.250. The van der Waals surface area contributed by atoms with Crippen molar-refractivity contribution in [2.45, 2.75) is 6.04 Å². The number of benzene rings is 1. The Morgan fingerprint density at radius 2 is 1.69 bits per heavy atom.